The number of likely N-dealkylation sites (tertiary alicyclic amines) is 1. The molecule has 1 aromatic carbocycles. The lowest BCUT2D eigenvalue weighted by Gasteiger charge is -2.31. The normalized spacial score (nSPS) is 16.9. The van der Waals surface area contributed by atoms with E-state index in [1.165, 1.54) is 0 Å². The highest BCUT2D eigenvalue weighted by Crippen LogP contribution is 2.25. The van der Waals surface area contributed by atoms with Gasteiger partial charge in [0.05, 0.1) is 5.56 Å². The summed E-state index contributed by atoms with van der Waals surface area (Å²) in [6, 6.07) is 5.13. The van der Waals surface area contributed by atoms with Crippen molar-refractivity contribution in [3.63, 3.8) is 0 Å². The van der Waals surface area contributed by atoms with Gasteiger partial charge in [-0.2, -0.15) is 11.8 Å². The molecule has 0 unspecified atom stereocenters. The summed E-state index contributed by atoms with van der Waals surface area (Å²) < 4.78 is 0.966. The summed E-state index contributed by atoms with van der Waals surface area (Å²) in [5.41, 5.74) is 0.421. The number of piperidine rings is 1. The van der Waals surface area contributed by atoms with Gasteiger partial charge in [-0.15, -0.1) is 0 Å². The van der Waals surface area contributed by atoms with E-state index in [1.807, 2.05) is 16.7 Å². The second kappa shape index (κ2) is 6.14. The van der Waals surface area contributed by atoms with Crippen molar-refractivity contribution >= 4 is 40.3 Å². The van der Waals surface area contributed by atoms with Crippen LogP contribution in [0.2, 0.25) is 0 Å². The summed E-state index contributed by atoms with van der Waals surface area (Å²) in [6.07, 6.45) is 4.20. The molecule has 0 bridgehead atoms. The van der Waals surface area contributed by atoms with Crippen LogP contribution in [-0.2, 0) is 0 Å². The highest BCUT2D eigenvalue weighted by molar-refractivity contribution is 14.1. The van der Waals surface area contributed by atoms with Crippen molar-refractivity contribution in [1.82, 2.24) is 4.90 Å². The molecule has 5 heteroatoms. The number of phenols is 1. The van der Waals surface area contributed by atoms with Gasteiger partial charge in [0.15, 0.2) is 0 Å². The van der Waals surface area contributed by atoms with Gasteiger partial charge < -0.3 is 10.0 Å². The first kappa shape index (κ1) is 14.0. The van der Waals surface area contributed by atoms with Gasteiger partial charge in [-0.3, -0.25) is 4.79 Å². The molecule has 1 aliphatic heterocycles. The molecule has 0 saturated carbocycles. The van der Waals surface area contributed by atoms with Gasteiger partial charge in [0.25, 0.3) is 5.91 Å². The minimum atomic E-state index is -0.0504. The molecule has 1 N–H and O–H groups in total. The third-order valence-electron chi connectivity index (χ3n) is 3.25. The molecule has 18 heavy (non-hydrogen) atoms. The van der Waals surface area contributed by atoms with Crippen LogP contribution in [0.5, 0.6) is 5.75 Å². The third-order valence-corrected chi connectivity index (χ3v) is 5.06. The fourth-order valence-corrected chi connectivity index (χ4v) is 3.32. The highest BCUT2D eigenvalue weighted by Gasteiger charge is 2.24. The van der Waals surface area contributed by atoms with E-state index in [9.17, 15) is 9.90 Å². The lowest BCUT2D eigenvalue weighted by Crippen LogP contribution is -2.39. The SMILES string of the molecule is CSC1CCN(C(=O)c2cc(I)ccc2O)CC1. The Labute approximate surface area is 125 Å². The van der Waals surface area contributed by atoms with Gasteiger partial charge >= 0.3 is 0 Å². The van der Waals surface area contributed by atoms with Crippen LogP contribution in [0, 0.1) is 3.57 Å². The number of benzene rings is 1. The molecule has 2 rings (SSSR count). The summed E-state index contributed by atoms with van der Waals surface area (Å²) in [7, 11) is 0. The van der Waals surface area contributed by atoms with Crippen molar-refractivity contribution in [3.8, 4) is 5.75 Å². The Bertz CT molecular complexity index is 445. The summed E-state index contributed by atoms with van der Waals surface area (Å²) in [5.74, 6) is 0.0259. The number of aromatic hydroxyl groups is 1. The maximum Gasteiger partial charge on any atom is 0.257 e. The first-order chi connectivity index (χ1) is 8.61. The number of nitrogens with zero attached hydrogens (tertiary/aromatic N) is 1. The number of phenolic OH excluding ortho intramolecular Hbond substituents is 1. The van der Waals surface area contributed by atoms with Gasteiger partial charge in [0, 0.05) is 21.9 Å². The number of amides is 1. The molecule has 0 radical (unpaired) electrons. The molecule has 1 amide bonds. The molecule has 3 nitrogen and oxygen atoms in total. The topological polar surface area (TPSA) is 40.5 Å². The molecule has 0 aliphatic carbocycles. The van der Waals surface area contributed by atoms with Crippen LogP contribution in [-0.4, -0.2) is 40.5 Å². The zero-order valence-corrected chi connectivity index (χ0v) is 13.2. The Morgan fingerprint density at radius 2 is 2.11 bits per heavy atom. The zero-order valence-electron chi connectivity index (χ0n) is 10.2. The fourth-order valence-electron chi connectivity index (χ4n) is 2.14. The number of carbonyl (C=O) groups is 1. The molecule has 1 aliphatic rings. The van der Waals surface area contributed by atoms with E-state index in [-0.39, 0.29) is 11.7 Å². The first-order valence-electron chi connectivity index (χ1n) is 5.92. The van der Waals surface area contributed by atoms with E-state index < -0.39 is 0 Å². The monoisotopic (exact) mass is 377 g/mol. The molecular weight excluding hydrogens is 361 g/mol. The number of halogens is 1. The number of hydrogen-bond donors (Lipinski definition) is 1. The van der Waals surface area contributed by atoms with Crippen molar-refractivity contribution in [3.05, 3.63) is 27.3 Å². The maximum absolute atomic E-state index is 12.3. The van der Waals surface area contributed by atoms with E-state index in [0.717, 1.165) is 29.5 Å². The van der Waals surface area contributed by atoms with Crippen LogP contribution in [0.25, 0.3) is 0 Å². The number of thioether (sulfide) groups is 1. The van der Waals surface area contributed by atoms with Crippen molar-refractivity contribution < 1.29 is 9.90 Å². The summed E-state index contributed by atoms with van der Waals surface area (Å²) in [4.78, 5) is 14.2. The predicted molar refractivity (Wildman–Crippen MR) is 83.3 cm³/mol. The van der Waals surface area contributed by atoms with E-state index in [2.05, 4.69) is 28.8 Å². The summed E-state index contributed by atoms with van der Waals surface area (Å²) in [5, 5.41) is 10.4. The van der Waals surface area contributed by atoms with Crippen LogP contribution < -0.4 is 0 Å². The van der Waals surface area contributed by atoms with Gasteiger partial charge in [0.1, 0.15) is 5.75 Å². The minimum absolute atomic E-state index is 0.0504. The van der Waals surface area contributed by atoms with Crippen LogP contribution in [0.3, 0.4) is 0 Å². The smallest absolute Gasteiger partial charge is 0.257 e. The van der Waals surface area contributed by atoms with E-state index >= 15 is 0 Å². The van der Waals surface area contributed by atoms with Gasteiger partial charge in [-0.05, 0) is 59.9 Å². The molecule has 1 heterocycles. The lowest BCUT2D eigenvalue weighted by molar-refractivity contribution is 0.0724. The molecule has 0 spiro atoms. The van der Waals surface area contributed by atoms with E-state index in [4.69, 9.17) is 0 Å². The van der Waals surface area contributed by atoms with E-state index in [0.29, 0.717) is 10.8 Å². The van der Waals surface area contributed by atoms with Crippen LogP contribution >= 0.6 is 34.4 Å². The van der Waals surface area contributed by atoms with Crippen LogP contribution in [0.1, 0.15) is 23.2 Å². The first-order valence-corrected chi connectivity index (χ1v) is 8.29. The molecule has 1 fully saturated rings. The molecule has 0 aromatic heterocycles. The summed E-state index contributed by atoms with van der Waals surface area (Å²) in [6.45, 7) is 1.57. The average Bonchev–Trinajstić information content (AvgIpc) is 2.41. The Morgan fingerprint density at radius 1 is 1.44 bits per heavy atom. The van der Waals surface area contributed by atoms with Gasteiger partial charge in [0.2, 0.25) is 0 Å². The lowest BCUT2D eigenvalue weighted by atomic mass is 10.1. The average molecular weight is 377 g/mol. The molecular formula is C13H16INO2S. The Morgan fingerprint density at radius 3 is 2.72 bits per heavy atom. The Balaban J connectivity index is 2.10. The standard InChI is InChI=1S/C13H16INO2S/c1-18-10-4-6-15(7-5-10)13(17)11-8-9(14)2-3-12(11)16/h2-3,8,10,16H,4-7H2,1H3. The Hall–Kier alpha value is -0.430. The van der Waals surface area contributed by atoms with Crippen molar-refractivity contribution in [2.75, 3.05) is 19.3 Å². The zero-order chi connectivity index (χ0) is 13.1. The van der Waals surface area contributed by atoms with Crippen LogP contribution in [0.4, 0.5) is 0 Å². The fraction of sp³-hybridized carbons (Fsp3) is 0.462. The third kappa shape index (κ3) is 3.12. The maximum atomic E-state index is 12.3. The molecule has 1 aromatic rings. The second-order valence-electron chi connectivity index (χ2n) is 4.39. The minimum Gasteiger partial charge on any atom is -0.507 e. The molecule has 0 atom stereocenters. The van der Waals surface area contributed by atoms with Gasteiger partial charge in [-0.1, -0.05) is 0 Å². The molecule has 98 valence electrons. The number of rotatable bonds is 2. The quantitative estimate of drug-likeness (QED) is 0.806. The van der Waals surface area contributed by atoms with Crippen molar-refractivity contribution in [1.29, 1.82) is 0 Å². The molecule has 1 saturated heterocycles. The van der Waals surface area contributed by atoms with Gasteiger partial charge in [-0.25, -0.2) is 0 Å². The van der Waals surface area contributed by atoms with Crippen molar-refractivity contribution in [2.45, 2.75) is 18.1 Å². The van der Waals surface area contributed by atoms with E-state index in [1.54, 1.807) is 18.2 Å². The summed E-state index contributed by atoms with van der Waals surface area (Å²) >= 11 is 4.02. The Kier molecular flexibility index (Phi) is 4.77. The number of hydrogen-bond acceptors (Lipinski definition) is 3. The van der Waals surface area contributed by atoms with Crippen LogP contribution in [0.15, 0.2) is 18.2 Å². The number of carbonyl (C=O) groups excluding carboxylic acids is 1. The second-order valence-corrected chi connectivity index (χ2v) is 6.77. The largest absolute Gasteiger partial charge is 0.507 e. The predicted octanol–water partition coefficient (Wildman–Crippen LogP) is 2.96. The highest BCUT2D eigenvalue weighted by atomic mass is 127. The van der Waals surface area contributed by atoms with Crippen molar-refractivity contribution in [2.24, 2.45) is 0 Å².